The molecule has 1 N–H and O–H groups in total. The van der Waals surface area contributed by atoms with E-state index in [1.54, 1.807) is 24.3 Å². The summed E-state index contributed by atoms with van der Waals surface area (Å²) in [6, 6.07) is 7.73. The third kappa shape index (κ3) is 3.36. The lowest BCUT2D eigenvalue weighted by molar-refractivity contribution is 0.0651. The number of benzene rings is 1. The molecule has 1 aromatic rings. The van der Waals surface area contributed by atoms with Gasteiger partial charge in [0.15, 0.2) is 0 Å². The van der Waals surface area contributed by atoms with Crippen LogP contribution in [0, 0.1) is 0 Å². The average molecular weight is 318 g/mol. The predicted octanol–water partition coefficient (Wildman–Crippen LogP) is 2.55. The van der Waals surface area contributed by atoms with E-state index in [0.717, 1.165) is 19.4 Å². The van der Waals surface area contributed by atoms with E-state index in [0.29, 0.717) is 23.7 Å². The molecule has 2 aliphatic heterocycles. The lowest BCUT2D eigenvalue weighted by Crippen LogP contribution is -2.34. The van der Waals surface area contributed by atoms with E-state index in [4.69, 9.17) is 0 Å². The van der Waals surface area contributed by atoms with Gasteiger partial charge in [0.2, 0.25) is 0 Å². The molecule has 4 nitrogen and oxygen atoms in total. The van der Waals surface area contributed by atoms with Crippen LogP contribution in [0.1, 0.15) is 46.4 Å². The SMILES string of the molecule is O=C1c2ccccc2C(=O)N1CCCCNC1CCSCC1. The molecule has 0 aromatic heterocycles. The first-order valence-corrected chi connectivity index (χ1v) is 9.19. The Morgan fingerprint density at radius 3 is 2.32 bits per heavy atom. The number of hydrogen-bond donors (Lipinski definition) is 1. The summed E-state index contributed by atoms with van der Waals surface area (Å²) in [5.41, 5.74) is 1.09. The van der Waals surface area contributed by atoms with Crippen LogP contribution >= 0.6 is 11.8 Å². The van der Waals surface area contributed by atoms with Gasteiger partial charge in [-0.3, -0.25) is 14.5 Å². The first kappa shape index (κ1) is 15.6. The van der Waals surface area contributed by atoms with Crippen molar-refractivity contribution in [2.24, 2.45) is 0 Å². The molecule has 1 fully saturated rings. The van der Waals surface area contributed by atoms with Crippen molar-refractivity contribution in [3.8, 4) is 0 Å². The molecule has 2 amide bonds. The van der Waals surface area contributed by atoms with Gasteiger partial charge in [0.05, 0.1) is 11.1 Å². The van der Waals surface area contributed by atoms with E-state index in [1.807, 2.05) is 11.8 Å². The number of thioether (sulfide) groups is 1. The first-order chi connectivity index (χ1) is 10.8. The molecule has 1 saturated heterocycles. The second-order valence-corrected chi connectivity index (χ2v) is 7.08. The van der Waals surface area contributed by atoms with Gasteiger partial charge in [-0.1, -0.05) is 12.1 Å². The minimum atomic E-state index is -0.141. The van der Waals surface area contributed by atoms with Crippen LogP contribution in [0.25, 0.3) is 0 Å². The summed E-state index contributed by atoms with van der Waals surface area (Å²) in [5.74, 6) is 2.23. The molecule has 2 heterocycles. The molecule has 2 aliphatic rings. The van der Waals surface area contributed by atoms with Gasteiger partial charge in [-0.25, -0.2) is 0 Å². The number of nitrogens with zero attached hydrogens (tertiary/aromatic N) is 1. The van der Waals surface area contributed by atoms with Gasteiger partial charge < -0.3 is 5.32 Å². The maximum atomic E-state index is 12.2. The van der Waals surface area contributed by atoms with Gasteiger partial charge in [0, 0.05) is 12.6 Å². The van der Waals surface area contributed by atoms with Gasteiger partial charge in [-0.2, -0.15) is 11.8 Å². The molecule has 0 aliphatic carbocycles. The Labute approximate surface area is 135 Å². The van der Waals surface area contributed by atoms with Crippen molar-refractivity contribution in [2.75, 3.05) is 24.6 Å². The Hall–Kier alpha value is -1.33. The molecule has 0 spiro atoms. The van der Waals surface area contributed by atoms with Gasteiger partial charge >= 0.3 is 0 Å². The molecule has 22 heavy (non-hydrogen) atoms. The number of carbonyl (C=O) groups is 2. The fourth-order valence-electron chi connectivity index (χ4n) is 3.05. The summed E-state index contributed by atoms with van der Waals surface area (Å²) in [6.07, 6.45) is 4.36. The summed E-state index contributed by atoms with van der Waals surface area (Å²) in [7, 11) is 0. The van der Waals surface area contributed by atoms with Crippen molar-refractivity contribution in [2.45, 2.75) is 31.7 Å². The number of unbranched alkanes of at least 4 members (excludes halogenated alkanes) is 1. The maximum absolute atomic E-state index is 12.2. The normalized spacial score (nSPS) is 18.8. The largest absolute Gasteiger partial charge is 0.314 e. The molecule has 0 bridgehead atoms. The quantitative estimate of drug-likeness (QED) is 0.647. The Kier molecular flexibility index (Phi) is 5.16. The molecule has 118 valence electrons. The van der Waals surface area contributed by atoms with Crippen LogP contribution in [0.5, 0.6) is 0 Å². The molecule has 3 rings (SSSR count). The van der Waals surface area contributed by atoms with E-state index in [-0.39, 0.29) is 11.8 Å². The van der Waals surface area contributed by atoms with Crippen LogP contribution < -0.4 is 5.32 Å². The molecule has 5 heteroatoms. The zero-order valence-corrected chi connectivity index (χ0v) is 13.5. The maximum Gasteiger partial charge on any atom is 0.261 e. The Morgan fingerprint density at radius 2 is 1.68 bits per heavy atom. The van der Waals surface area contributed by atoms with Crippen molar-refractivity contribution in [3.63, 3.8) is 0 Å². The Morgan fingerprint density at radius 1 is 1.05 bits per heavy atom. The van der Waals surface area contributed by atoms with E-state index in [2.05, 4.69) is 5.32 Å². The number of rotatable bonds is 6. The molecule has 0 radical (unpaired) electrons. The fourth-order valence-corrected chi connectivity index (χ4v) is 4.15. The third-order valence-corrected chi connectivity index (χ3v) is 5.39. The van der Waals surface area contributed by atoms with Crippen molar-refractivity contribution in [1.82, 2.24) is 10.2 Å². The zero-order valence-electron chi connectivity index (χ0n) is 12.7. The highest BCUT2D eigenvalue weighted by atomic mass is 32.2. The van der Waals surface area contributed by atoms with E-state index >= 15 is 0 Å². The van der Waals surface area contributed by atoms with E-state index in [1.165, 1.54) is 29.2 Å². The molecule has 0 unspecified atom stereocenters. The predicted molar refractivity (Wildman–Crippen MR) is 89.4 cm³/mol. The number of imide groups is 1. The summed E-state index contributed by atoms with van der Waals surface area (Å²) < 4.78 is 0. The molecule has 0 atom stereocenters. The minimum absolute atomic E-state index is 0.141. The van der Waals surface area contributed by atoms with Gasteiger partial charge in [-0.05, 0) is 55.9 Å². The zero-order chi connectivity index (χ0) is 15.4. The lowest BCUT2D eigenvalue weighted by atomic mass is 10.1. The topological polar surface area (TPSA) is 49.4 Å². The summed E-state index contributed by atoms with van der Waals surface area (Å²) in [6.45, 7) is 1.49. The van der Waals surface area contributed by atoms with E-state index < -0.39 is 0 Å². The number of fused-ring (bicyclic) bond motifs is 1. The lowest BCUT2D eigenvalue weighted by Gasteiger charge is -2.22. The summed E-state index contributed by atoms with van der Waals surface area (Å²) in [4.78, 5) is 25.8. The Bertz CT molecular complexity index is 520. The van der Waals surface area contributed by atoms with Gasteiger partial charge in [0.1, 0.15) is 0 Å². The van der Waals surface area contributed by atoms with Crippen molar-refractivity contribution >= 4 is 23.6 Å². The van der Waals surface area contributed by atoms with Crippen LogP contribution in [0.3, 0.4) is 0 Å². The monoisotopic (exact) mass is 318 g/mol. The van der Waals surface area contributed by atoms with Crippen molar-refractivity contribution < 1.29 is 9.59 Å². The highest BCUT2D eigenvalue weighted by molar-refractivity contribution is 7.99. The second kappa shape index (κ2) is 7.29. The summed E-state index contributed by atoms with van der Waals surface area (Å²) >= 11 is 2.03. The van der Waals surface area contributed by atoms with Crippen molar-refractivity contribution in [1.29, 1.82) is 0 Å². The first-order valence-electron chi connectivity index (χ1n) is 8.04. The minimum Gasteiger partial charge on any atom is -0.314 e. The van der Waals surface area contributed by atoms with Crippen LogP contribution in [0.4, 0.5) is 0 Å². The second-order valence-electron chi connectivity index (χ2n) is 5.86. The molecule has 1 aromatic carbocycles. The number of amides is 2. The Balaban J connectivity index is 1.41. The smallest absolute Gasteiger partial charge is 0.261 e. The molecular weight excluding hydrogens is 296 g/mol. The average Bonchev–Trinajstić information content (AvgIpc) is 2.81. The van der Waals surface area contributed by atoms with Crippen LogP contribution in [0.15, 0.2) is 24.3 Å². The standard InChI is InChI=1S/C17H22N2O2S/c20-16-14-5-1-2-6-15(14)17(21)19(16)10-4-3-9-18-13-7-11-22-12-8-13/h1-2,5-6,13,18H,3-4,7-12H2. The molecular formula is C17H22N2O2S. The number of hydrogen-bond acceptors (Lipinski definition) is 4. The highest BCUT2D eigenvalue weighted by Gasteiger charge is 2.34. The van der Waals surface area contributed by atoms with Gasteiger partial charge in [-0.15, -0.1) is 0 Å². The third-order valence-electron chi connectivity index (χ3n) is 4.34. The van der Waals surface area contributed by atoms with Crippen LogP contribution in [-0.2, 0) is 0 Å². The van der Waals surface area contributed by atoms with E-state index in [9.17, 15) is 9.59 Å². The van der Waals surface area contributed by atoms with Crippen LogP contribution in [-0.4, -0.2) is 47.4 Å². The number of carbonyl (C=O) groups excluding carboxylic acids is 2. The van der Waals surface area contributed by atoms with Crippen LogP contribution in [0.2, 0.25) is 0 Å². The fraction of sp³-hybridized carbons (Fsp3) is 0.529. The van der Waals surface area contributed by atoms with Gasteiger partial charge in [0.25, 0.3) is 11.8 Å². The van der Waals surface area contributed by atoms with Crippen molar-refractivity contribution in [3.05, 3.63) is 35.4 Å². The molecule has 0 saturated carbocycles. The highest BCUT2D eigenvalue weighted by Crippen LogP contribution is 2.22. The summed E-state index contributed by atoms with van der Waals surface area (Å²) in [5, 5.41) is 3.58. The number of nitrogens with one attached hydrogen (secondary N) is 1.